The minimum Gasteiger partial charge on any atom is -0.452 e. The molecule has 0 saturated heterocycles. The van der Waals surface area contributed by atoms with E-state index in [4.69, 9.17) is 4.74 Å². The fourth-order valence-corrected chi connectivity index (χ4v) is 2.71. The summed E-state index contributed by atoms with van der Waals surface area (Å²) in [6.07, 6.45) is 0. The van der Waals surface area contributed by atoms with E-state index in [9.17, 15) is 19.2 Å². The second kappa shape index (κ2) is 10.2. The molecule has 2 N–H and O–H groups in total. The third-order valence-corrected chi connectivity index (χ3v) is 4.32. The van der Waals surface area contributed by atoms with E-state index in [1.807, 2.05) is 32.0 Å². The van der Waals surface area contributed by atoms with Gasteiger partial charge in [-0.2, -0.15) is 0 Å². The van der Waals surface area contributed by atoms with Crippen LogP contribution in [-0.2, 0) is 19.1 Å². The van der Waals surface area contributed by atoms with Crippen LogP contribution in [0.3, 0.4) is 0 Å². The maximum absolute atomic E-state index is 12.3. The minimum atomic E-state index is -0.675. The quantitative estimate of drug-likeness (QED) is 0.681. The first kappa shape index (κ1) is 22.6. The largest absolute Gasteiger partial charge is 0.452 e. The van der Waals surface area contributed by atoms with Crippen LogP contribution in [0.25, 0.3) is 0 Å². The molecule has 2 aromatic rings. The lowest BCUT2D eigenvalue weighted by Gasteiger charge is -2.18. The Morgan fingerprint density at radius 2 is 1.53 bits per heavy atom. The first-order chi connectivity index (χ1) is 14.2. The van der Waals surface area contributed by atoms with E-state index in [1.54, 1.807) is 12.1 Å². The van der Waals surface area contributed by atoms with Crippen LogP contribution in [0.4, 0.5) is 11.4 Å². The highest BCUT2D eigenvalue weighted by Crippen LogP contribution is 2.19. The van der Waals surface area contributed by atoms with Crippen molar-refractivity contribution in [3.8, 4) is 0 Å². The highest BCUT2D eigenvalue weighted by molar-refractivity contribution is 5.96. The van der Waals surface area contributed by atoms with Crippen LogP contribution in [0.15, 0.2) is 42.5 Å². The predicted molar refractivity (Wildman–Crippen MR) is 113 cm³/mol. The number of benzene rings is 2. The number of carbonyl (C=O) groups excluding carboxylic acids is 4. The molecule has 0 aliphatic heterocycles. The van der Waals surface area contributed by atoms with Crippen LogP contribution in [0.5, 0.6) is 0 Å². The molecular formula is C22H25N3O5. The summed E-state index contributed by atoms with van der Waals surface area (Å²) in [4.78, 5) is 48.7. The van der Waals surface area contributed by atoms with E-state index in [1.165, 1.54) is 31.0 Å². The number of anilines is 2. The first-order valence-electron chi connectivity index (χ1n) is 9.32. The molecule has 0 radical (unpaired) electrons. The molecule has 0 aromatic heterocycles. The van der Waals surface area contributed by atoms with Gasteiger partial charge in [-0.25, -0.2) is 4.79 Å². The Hall–Kier alpha value is -3.68. The Kier molecular flexibility index (Phi) is 7.69. The van der Waals surface area contributed by atoms with Crippen molar-refractivity contribution in [2.45, 2.75) is 20.8 Å². The smallest absolute Gasteiger partial charge is 0.338 e. The molecule has 0 bridgehead atoms. The van der Waals surface area contributed by atoms with E-state index in [2.05, 4.69) is 10.6 Å². The molecule has 30 heavy (non-hydrogen) atoms. The van der Waals surface area contributed by atoms with Crippen molar-refractivity contribution in [3.05, 3.63) is 59.2 Å². The van der Waals surface area contributed by atoms with Gasteiger partial charge in [-0.15, -0.1) is 0 Å². The van der Waals surface area contributed by atoms with Gasteiger partial charge in [0.05, 0.1) is 12.1 Å². The van der Waals surface area contributed by atoms with Crippen LogP contribution in [0.1, 0.15) is 28.4 Å². The topological polar surface area (TPSA) is 105 Å². The number of esters is 1. The number of nitrogens with zero attached hydrogens (tertiary/aromatic N) is 1. The summed E-state index contributed by atoms with van der Waals surface area (Å²) >= 11 is 0. The molecule has 8 nitrogen and oxygen atoms in total. The Balaban J connectivity index is 1.84. The van der Waals surface area contributed by atoms with Gasteiger partial charge >= 0.3 is 5.97 Å². The van der Waals surface area contributed by atoms with Gasteiger partial charge in [0.15, 0.2) is 6.61 Å². The Labute approximate surface area is 175 Å². The van der Waals surface area contributed by atoms with Crippen molar-refractivity contribution in [1.29, 1.82) is 0 Å². The van der Waals surface area contributed by atoms with Gasteiger partial charge in [0.2, 0.25) is 11.8 Å². The van der Waals surface area contributed by atoms with Gasteiger partial charge in [-0.1, -0.05) is 18.2 Å². The predicted octanol–water partition coefficient (Wildman–Crippen LogP) is 2.52. The van der Waals surface area contributed by atoms with Crippen molar-refractivity contribution in [2.24, 2.45) is 0 Å². The molecule has 0 aliphatic carbocycles. The lowest BCUT2D eigenvalue weighted by Crippen LogP contribution is -2.37. The molecule has 0 saturated carbocycles. The van der Waals surface area contributed by atoms with Crippen molar-refractivity contribution >= 4 is 35.1 Å². The zero-order valence-electron chi connectivity index (χ0n) is 17.4. The monoisotopic (exact) mass is 411 g/mol. The number of hydrogen-bond acceptors (Lipinski definition) is 5. The van der Waals surface area contributed by atoms with Gasteiger partial charge in [0.25, 0.3) is 5.91 Å². The molecule has 0 aliphatic rings. The number of likely N-dealkylation sites (N-methyl/N-ethyl adjacent to an activating group) is 1. The summed E-state index contributed by atoms with van der Waals surface area (Å²) < 4.78 is 5.02. The second-order valence-electron chi connectivity index (χ2n) is 6.90. The van der Waals surface area contributed by atoms with Crippen molar-refractivity contribution in [1.82, 2.24) is 4.90 Å². The third-order valence-electron chi connectivity index (χ3n) is 4.32. The Morgan fingerprint density at radius 1 is 0.933 bits per heavy atom. The maximum Gasteiger partial charge on any atom is 0.338 e. The Morgan fingerprint density at radius 3 is 2.10 bits per heavy atom. The van der Waals surface area contributed by atoms with Crippen molar-refractivity contribution in [2.75, 3.05) is 30.8 Å². The lowest BCUT2D eigenvalue weighted by atomic mass is 10.1. The number of aryl methyl sites for hydroxylation is 2. The molecular weight excluding hydrogens is 386 g/mol. The van der Waals surface area contributed by atoms with Crippen molar-refractivity contribution in [3.63, 3.8) is 0 Å². The summed E-state index contributed by atoms with van der Waals surface area (Å²) in [6, 6.07) is 11.8. The molecule has 3 amide bonds. The standard InChI is InChI=1S/C22H25N3O5/c1-14-6-5-7-15(2)21(14)24-19(27)12-25(4)20(28)13-30-22(29)17-8-10-18(11-9-17)23-16(3)26/h5-11H,12-13H2,1-4H3,(H,23,26)(H,24,27). The maximum atomic E-state index is 12.3. The number of hydrogen-bond donors (Lipinski definition) is 2. The molecule has 0 heterocycles. The molecule has 0 atom stereocenters. The highest BCUT2D eigenvalue weighted by atomic mass is 16.5. The van der Waals surface area contributed by atoms with E-state index in [0.717, 1.165) is 16.8 Å². The van der Waals surface area contributed by atoms with E-state index < -0.39 is 18.5 Å². The van der Waals surface area contributed by atoms with E-state index in [-0.39, 0.29) is 23.9 Å². The summed E-state index contributed by atoms with van der Waals surface area (Å²) in [7, 11) is 1.46. The van der Waals surface area contributed by atoms with Crippen LogP contribution < -0.4 is 10.6 Å². The average molecular weight is 411 g/mol. The number of rotatable bonds is 7. The SMILES string of the molecule is CC(=O)Nc1ccc(C(=O)OCC(=O)N(C)CC(=O)Nc2c(C)cccc2C)cc1. The first-order valence-corrected chi connectivity index (χ1v) is 9.32. The second-order valence-corrected chi connectivity index (χ2v) is 6.90. The minimum absolute atomic E-state index is 0.171. The molecule has 0 unspecified atom stereocenters. The van der Waals surface area contributed by atoms with Gasteiger partial charge in [0, 0.05) is 25.3 Å². The summed E-state index contributed by atoms with van der Waals surface area (Å²) in [6.45, 7) is 4.50. The van der Waals surface area contributed by atoms with E-state index >= 15 is 0 Å². The number of amides is 3. The summed E-state index contributed by atoms with van der Waals surface area (Å²) in [5, 5.41) is 5.39. The lowest BCUT2D eigenvalue weighted by molar-refractivity contribution is -0.136. The number of nitrogens with one attached hydrogen (secondary N) is 2. The van der Waals surface area contributed by atoms with Crippen molar-refractivity contribution < 1.29 is 23.9 Å². The molecule has 8 heteroatoms. The van der Waals surface area contributed by atoms with Gasteiger partial charge in [-0.3, -0.25) is 14.4 Å². The van der Waals surface area contributed by atoms with Gasteiger partial charge in [-0.05, 0) is 49.2 Å². The van der Waals surface area contributed by atoms with Gasteiger partial charge in [0.1, 0.15) is 0 Å². The zero-order valence-corrected chi connectivity index (χ0v) is 17.4. The Bertz CT molecular complexity index is 933. The fourth-order valence-electron chi connectivity index (χ4n) is 2.71. The summed E-state index contributed by atoms with van der Waals surface area (Å²) in [5.74, 6) is -1.75. The zero-order chi connectivity index (χ0) is 22.3. The van der Waals surface area contributed by atoms with Crippen LogP contribution in [0, 0.1) is 13.8 Å². The van der Waals surface area contributed by atoms with Crippen LogP contribution >= 0.6 is 0 Å². The molecule has 2 rings (SSSR count). The molecule has 158 valence electrons. The third kappa shape index (κ3) is 6.44. The number of para-hydroxylation sites is 1. The fraction of sp³-hybridized carbons (Fsp3) is 0.273. The molecule has 0 spiro atoms. The highest BCUT2D eigenvalue weighted by Gasteiger charge is 2.17. The summed E-state index contributed by atoms with van der Waals surface area (Å²) in [5.41, 5.74) is 3.36. The number of ether oxygens (including phenoxy) is 1. The van der Waals surface area contributed by atoms with Gasteiger partial charge < -0.3 is 20.3 Å². The molecule has 2 aromatic carbocycles. The van der Waals surface area contributed by atoms with Crippen LogP contribution in [0.2, 0.25) is 0 Å². The van der Waals surface area contributed by atoms with Crippen LogP contribution in [-0.4, -0.2) is 48.8 Å². The molecule has 0 fully saturated rings. The average Bonchev–Trinajstić information content (AvgIpc) is 2.68. The number of carbonyl (C=O) groups is 4. The van der Waals surface area contributed by atoms with E-state index in [0.29, 0.717) is 5.69 Å². The normalized spacial score (nSPS) is 10.1.